The number of halogens is 2. The molecule has 106 valence electrons. The quantitative estimate of drug-likeness (QED) is 0.889. The van der Waals surface area contributed by atoms with E-state index in [0.717, 1.165) is 12.1 Å². The van der Waals surface area contributed by atoms with Crippen LogP contribution in [-0.2, 0) is 4.74 Å². The fourth-order valence-corrected chi connectivity index (χ4v) is 1.43. The van der Waals surface area contributed by atoms with E-state index in [-0.39, 0.29) is 6.54 Å². The van der Waals surface area contributed by atoms with E-state index >= 15 is 0 Å². The van der Waals surface area contributed by atoms with Crippen molar-refractivity contribution in [3.8, 4) is 0 Å². The summed E-state index contributed by atoms with van der Waals surface area (Å²) in [6, 6.07) is 3.27. The lowest BCUT2D eigenvalue weighted by Crippen LogP contribution is -2.35. The van der Waals surface area contributed by atoms with Crippen molar-refractivity contribution in [1.82, 2.24) is 5.32 Å². The van der Waals surface area contributed by atoms with E-state index in [1.165, 1.54) is 6.07 Å². The van der Waals surface area contributed by atoms with Crippen LogP contribution in [0, 0.1) is 11.6 Å². The van der Waals surface area contributed by atoms with Gasteiger partial charge in [-0.3, -0.25) is 0 Å². The lowest BCUT2D eigenvalue weighted by Gasteiger charge is -2.20. The first-order valence-corrected chi connectivity index (χ1v) is 5.79. The van der Waals surface area contributed by atoms with Crippen LogP contribution in [0.1, 0.15) is 32.4 Å². The Labute approximate surface area is 110 Å². The average molecular weight is 273 g/mol. The van der Waals surface area contributed by atoms with Crippen LogP contribution < -0.4 is 5.32 Å². The number of ether oxygens (including phenoxy) is 1. The number of hydrogen-bond acceptors (Lipinski definition) is 3. The summed E-state index contributed by atoms with van der Waals surface area (Å²) in [5, 5.41) is 11.9. The standard InChI is InChI=1S/C13H17F2NO3/c1-13(2,3)19-12(18)16-7-10(17)11-8(14)5-4-6-9(11)15/h4-6,10,17H,7H2,1-3H3,(H,16,18)/t10-/m0/s1. The number of amides is 1. The van der Waals surface area contributed by atoms with Crippen molar-refractivity contribution < 1.29 is 23.4 Å². The van der Waals surface area contributed by atoms with Gasteiger partial charge in [0.25, 0.3) is 0 Å². The van der Waals surface area contributed by atoms with E-state index in [2.05, 4.69) is 5.32 Å². The molecule has 19 heavy (non-hydrogen) atoms. The fourth-order valence-electron chi connectivity index (χ4n) is 1.43. The second-order valence-electron chi connectivity index (χ2n) is 5.03. The van der Waals surface area contributed by atoms with Crippen molar-refractivity contribution in [3.63, 3.8) is 0 Å². The summed E-state index contributed by atoms with van der Waals surface area (Å²) in [7, 11) is 0. The minimum absolute atomic E-state index is 0.341. The molecule has 0 radical (unpaired) electrons. The Kier molecular flexibility index (Phi) is 4.83. The van der Waals surface area contributed by atoms with Crippen LogP contribution in [0.5, 0.6) is 0 Å². The van der Waals surface area contributed by atoms with E-state index in [1.54, 1.807) is 20.8 Å². The number of aliphatic hydroxyl groups is 1. The van der Waals surface area contributed by atoms with Crippen molar-refractivity contribution in [3.05, 3.63) is 35.4 Å². The molecule has 0 saturated carbocycles. The van der Waals surface area contributed by atoms with Gasteiger partial charge in [0, 0.05) is 0 Å². The first kappa shape index (κ1) is 15.4. The summed E-state index contributed by atoms with van der Waals surface area (Å²) in [6.45, 7) is 4.70. The smallest absolute Gasteiger partial charge is 0.407 e. The predicted molar refractivity (Wildman–Crippen MR) is 65.6 cm³/mol. The third kappa shape index (κ3) is 4.82. The highest BCUT2D eigenvalue weighted by atomic mass is 19.1. The molecular formula is C13H17F2NO3. The molecule has 0 bridgehead atoms. The highest BCUT2D eigenvalue weighted by molar-refractivity contribution is 5.67. The van der Waals surface area contributed by atoms with Gasteiger partial charge in [-0.25, -0.2) is 13.6 Å². The van der Waals surface area contributed by atoms with E-state index in [1.807, 2.05) is 0 Å². The summed E-state index contributed by atoms with van der Waals surface area (Å²) in [5.41, 5.74) is -1.16. The molecule has 0 fully saturated rings. The molecule has 0 aliphatic rings. The van der Waals surface area contributed by atoms with Crippen molar-refractivity contribution >= 4 is 6.09 Å². The van der Waals surface area contributed by atoms with Gasteiger partial charge in [0.1, 0.15) is 23.3 Å². The monoisotopic (exact) mass is 273 g/mol. The van der Waals surface area contributed by atoms with Crippen LogP contribution in [-0.4, -0.2) is 23.3 Å². The van der Waals surface area contributed by atoms with Crippen molar-refractivity contribution in [1.29, 1.82) is 0 Å². The van der Waals surface area contributed by atoms with Crippen LogP contribution in [0.25, 0.3) is 0 Å². The first-order valence-electron chi connectivity index (χ1n) is 5.79. The molecule has 1 amide bonds. The Bertz CT molecular complexity index is 437. The molecule has 0 aromatic heterocycles. The minimum atomic E-state index is -1.48. The third-order valence-electron chi connectivity index (χ3n) is 2.17. The number of alkyl carbamates (subject to hydrolysis) is 1. The van der Waals surface area contributed by atoms with Gasteiger partial charge in [-0.05, 0) is 32.9 Å². The summed E-state index contributed by atoms with van der Waals surface area (Å²) >= 11 is 0. The van der Waals surface area contributed by atoms with Gasteiger partial charge >= 0.3 is 6.09 Å². The Balaban J connectivity index is 2.61. The van der Waals surface area contributed by atoms with Crippen LogP contribution in [0.3, 0.4) is 0 Å². The molecule has 0 saturated heterocycles. The molecule has 0 aliphatic carbocycles. The maximum absolute atomic E-state index is 13.4. The largest absolute Gasteiger partial charge is 0.444 e. The zero-order valence-electron chi connectivity index (χ0n) is 11.0. The molecule has 0 aliphatic heterocycles. The Hall–Kier alpha value is -1.69. The maximum Gasteiger partial charge on any atom is 0.407 e. The van der Waals surface area contributed by atoms with E-state index in [0.29, 0.717) is 0 Å². The number of hydrogen-bond donors (Lipinski definition) is 2. The summed E-state index contributed by atoms with van der Waals surface area (Å²) in [5.74, 6) is -1.73. The normalized spacial score (nSPS) is 12.9. The van der Waals surface area contributed by atoms with Crippen LogP contribution in [0.2, 0.25) is 0 Å². The number of aliphatic hydroxyl groups excluding tert-OH is 1. The summed E-state index contributed by atoms with van der Waals surface area (Å²) in [4.78, 5) is 11.3. The first-order chi connectivity index (χ1) is 8.70. The van der Waals surface area contributed by atoms with Gasteiger partial charge in [0.2, 0.25) is 0 Å². The molecule has 1 atom stereocenters. The molecule has 1 aromatic carbocycles. The topological polar surface area (TPSA) is 58.6 Å². The Morgan fingerprint density at radius 1 is 1.37 bits per heavy atom. The Morgan fingerprint density at radius 3 is 2.37 bits per heavy atom. The molecule has 6 heteroatoms. The second kappa shape index (κ2) is 5.97. The number of nitrogens with one attached hydrogen (secondary N) is 1. The van der Waals surface area contributed by atoms with E-state index in [9.17, 15) is 18.7 Å². The molecule has 0 spiro atoms. The lowest BCUT2D eigenvalue weighted by molar-refractivity contribution is 0.0488. The van der Waals surface area contributed by atoms with Crippen LogP contribution >= 0.6 is 0 Å². The Morgan fingerprint density at radius 2 is 1.89 bits per heavy atom. The van der Waals surface area contributed by atoms with Gasteiger partial charge in [-0.1, -0.05) is 6.07 Å². The van der Waals surface area contributed by atoms with Crippen molar-refractivity contribution in [2.24, 2.45) is 0 Å². The van der Waals surface area contributed by atoms with Gasteiger partial charge in [0.15, 0.2) is 0 Å². The van der Waals surface area contributed by atoms with Gasteiger partial charge in [-0.2, -0.15) is 0 Å². The van der Waals surface area contributed by atoms with Gasteiger partial charge in [0.05, 0.1) is 12.1 Å². The molecule has 1 aromatic rings. The molecular weight excluding hydrogens is 256 g/mol. The zero-order chi connectivity index (χ0) is 14.6. The van der Waals surface area contributed by atoms with Gasteiger partial charge < -0.3 is 15.2 Å². The number of rotatable bonds is 3. The maximum atomic E-state index is 13.4. The molecule has 1 rings (SSSR count). The van der Waals surface area contributed by atoms with E-state index < -0.39 is 35.0 Å². The highest BCUT2D eigenvalue weighted by Gasteiger charge is 2.20. The SMILES string of the molecule is CC(C)(C)OC(=O)NC[C@H](O)c1c(F)cccc1F. The average Bonchev–Trinajstić information content (AvgIpc) is 2.23. The lowest BCUT2D eigenvalue weighted by atomic mass is 10.1. The fraction of sp³-hybridized carbons (Fsp3) is 0.462. The highest BCUT2D eigenvalue weighted by Crippen LogP contribution is 2.20. The second-order valence-corrected chi connectivity index (χ2v) is 5.03. The van der Waals surface area contributed by atoms with Crippen LogP contribution in [0.4, 0.5) is 13.6 Å². The van der Waals surface area contributed by atoms with Crippen LogP contribution in [0.15, 0.2) is 18.2 Å². The summed E-state index contributed by atoms with van der Waals surface area (Å²) in [6.07, 6.45) is -2.24. The zero-order valence-corrected chi connectivity index (χ0v) is 11.0. The summed E-state index contributed by atoms with van der Waals surface area (Å²) < 4.78 is 31.6. The molecule has 2 N–H and O–H groups in total. The molecule has 0 heterocycles. The molecule has 0 unspecified atom stereocenters. The predicted octanol–water partition coefficient (Wildman–Crippen LogP) is 2.52. The number of benzene rings is 1. The third-order valence-corrected chi connectivity index (χ3v) is 2.17. The molecule has 4 nitrogen and oxygen atoms in total. The van der Waals surface area contributed by atoms with Gasteiger partial charge in [-0.15, -0.1) is 0 Å². The van der Waals surface area contributed by atoms with Crippen molar-refractivity contribution in [2.75, 3.05) is 6.54 Å². The van der Waals surface area contributed by atoms with Crippen molar-refractivity contribution in [2.45, 2.75) is 32.5 Å². The minimum Gasteiger partial charge on any atom is -0.444 e. The van der Waals surface area contributed by atoms with E-state index in [4.69, 9.17) is 4.74 Å². The number of carbonyl (C=O) groups excluding carboxylic acids is 1. The number of carbonyl (C=O) groups is 1.